The van der Waals surface area contributed by atoms with Crippen molar-refractivity contribution in [2.75, 3.05) is 6.54 Å². The first-order valence-corrected chi connectivity index (χ1v) is 9.09. The number of phenols is 1. The fraction of sp³-hybridized carbons (Fsp3) is 0.238. The maximum Gasteiger partial charge on any atom is 0.141 e. The Morgan fingerprint density at radius 2 is 2.15 bits per heavy atom. The van der Waals surface area contributed by atoms with Gasteiger partial charge in [0.1, 0.15) is 28.8 Å². The van der Waals surface area contributed by atoms with Crippen LogP contribution in [0.15, 0.2) is 53.2 Å². The van der Waals surface area contributed by atoms with Crippen LogP contribution in [0.5, 0.6) is 5.75 Å². The molecule has 0 bridgehead atoms. The zero-order valence-corrected chi connectivity index (χ0v) is 15.0. The molecule has 5 rings (SSSR count). The van der Waals surface area contributed by atoms with Crippen molar-refractivity contribution in [3.05, 3.63) is 77.4 Å². The summed E-state index contributed by atoms with van der Waals surface area (Å²) in [7, 11) is 0. The highest BCUT2D eigenvalue weighted by molar-refractivity contribution is 5.84. The van der Waals surface area contributed by atoms with Crippen molar-refractivity contribution in [1.82, 2.24) is 19.9 Å². The Morgan fingerprint density at radius 3 is 3.00 bits per heavy atom. The first-order valence-electron chi connectivity index (χ1n) is 9.09. The van der Waals surface area contributed by atoms with Gasteiger partial charge in [-0.1, -0.05) is 18.2 Å². The first kappa shape index (κ1) is 16.1. The molecule has 4 aromatic rings. The molecule has 0 aliphatic carbocycles. The van der Waals surface area contributed by atoms with Crippen molar-refractivity contribution < 1.29 is 9.52 Å². The molecule has 0 fully saturated rings. The van der Waals surface area contributed by atoms with E-state index in [1.54, 1.807) is 12.4 Å². The summed E-state index contributed by atoms with van der Waals surface area (Å²) in [6, 6.07) is 13.5. The SMILES string of the molecule is Cc1ccc([C@@H]2c3nc[nH]c3CCN2Cc2ccc3cccc(O)c3n2)o1. The second-order valence-electron chi connectivity index (χ2n) is 6.99. The molecule has 136 valence electrons. The number of imidazole rings is 1. The topological polar surface area (TPSA) is 78.2 Å². The van der Waals surface area contributed by atoms with Gasteiger partial charge in [-0.2, -0.15) is 0 Å². The molecule has 0 saturated heterocycles. The number of pyridine rings is 1. The number of hydrogen-bond donors (Lipinski definition) is 2. The largest absolute Gasteiger partial charge is 0.506 e. The molecule has 27 heavy (non-hydrogen) atoms. The molecule has 4 heterocycles. The van der Waals surface area contributed by atoms with Crippen molar-refractivity contribution in [3.8, 4) is 5.75 Å². The average Bonchev–Trinajstić information content (AvgIpc) is 3.31. The van der Waals surface area contributed by atoms with Crippen LogP contribution < -0.4 is 0 Å². The number of rotatable bonds is 3. The van der Waals surface area contributed by atoms with Crippen LogP contribution >= 0.6 is 0 Å². The van der Waals surface area contributed by atoms with Crippen molar-refractivity contribution in [2.24, 2.45) is 0 Å². The quantitative estimate of drug-likeness (QED) is 0.582. The van der Waals surface area contributed by atoms with Gasteiger partial charge in [-0.3, -0.25) is 4.90 Å². The molecule has 0 amide bonds. The van der Waals surface area contributed by atoms with Crippen LogP contribution in [-0.4, -0.2) is 31.5 Å². The third-order valence-electron chi connectivity index (χ3n) is 5.18. The fourth-order valence-corrected chi connectivity index (χ4v) is 3.88. The zero-order valence-electron chi connectivity index (χ0n) is 15.0. The Hall–Kier alpha value is -3.12. The summed E-state index contributed by atoms with van der Waals surface area (Å²) in [6.07, 6.45) is 2.66. The fourth-order valence-electron chi connectivity index (χ4n) is 3.88. The van der Waals surface area contributed by atoms with Crippen molar-refractivity contribution in [2.45, 2.75) is 25.9 Å². The summed E-state index contributed by atoms with van der Waals surface area (Å²) < 4.78 is 5.95. The molecule has 0 spiro atoms. The molecule has 6 nitrogen and oxygen atoms in total. The number of aryl methyl sites for hydroxylation is 1. The minimum atomic E-state index is -0.0458. The van der Waals surface area contributed by atoms with E-state index >= 15 is 0 Å². The number of hydrogen-bond acceptors (Lipinski definition) is 5. The molecule has 1 atom stereocenters. The Balaban J connectivity index is 1.53. The summed E-state index contributed by atoms with van der Waals surface area (Å²) in [5.74, 6) is 1.99. The van der Waals surface area contributed by atoms with Crippen molar-refractivity contribution in [3.63, 3.8) is 0 Å². The van der Waals surface area contributed by atoms with E-state index < -0.39 is 0 Å². The van der Waals surface area contributed by atoms with Crippen molar-refractivity contribution >= 4 is 10.9 Å². The Kier molecular flexibility index (Phi) is 3.72. The highest BCUT2D eigenvalue weighted by Crippen LogP contribution is 2.35. The minimum absolute atomic E-state index is 0.0458. The van der Waals surface area contributed by atoms with E-state index in [4.69, 9.17) is 9.40 Å². The van der Waals surface area contributed by atoms with Gasteiger partial charge in [-0.25, -0.2) is 9.97 Å². The lowest BCUT2D eigenvalue weighted by atomic mass is 10.00. The average molecular weight is 360 g/mol. The minimum Gasteiger partial charge on any atom is -0.506 e. The van der Waals surface area contributed by atoms with Gasteiger partial charge in [0, 0.05) is 30.6 Å². The van der Waals surface area contributed by atoms with Crippen LogP contribution in [0.3, 0.4) is 0 Å². The van der Waals surface area contributed by atoms with E-state index in [0.717, 1.165) is 47.0 Å². The molecular weight excluding hydrogens is 340 g/mol. The normalized spacial score (nSPS) is 17.3. The maximum atomic E-state index is 10.1. The predicted octanol–water partition coefficient (Wildman–Crippen LogP) is 3.71. The summed E-state index contributed by atoms with van der Waals surface area (Å²) in [5.41, 5.74) is 3.72. The van der Waals surface area contributed by atoms with Crippen LogP contribution in [0.2, 0.25) is 0 Å². The monoisotopic (exact) mass is 360 g/mol. The Morgan fingerprint density at radius 1 is 1.22 bits per heavy atom. The second kappa shape index (κ2) is 6.25. The third kappa shape index (κ3) is 2.78. The van der Waals surface area contributed by atoms with E-state index in [1.165, 1.54) is 0 Å². The molecule has 0 unspecified atom stereocenters. The molecule has 6 heteroatoms. The van der Waals surface area contributed by atoms with E-state index in [9.17, 15) is 5.11 Å². The van der Waals surface area contributed by atoms with Gasteiger partial charge < -0.3 is 14.5 Å². The van der Waals surface area contributed by atoms with E-state index in [2.05, 4.69) is 14.9 Å². The number of aromatic nitrogens is 3. The standard InChI is InChI=1S/C21H20N4O2/c1-13-5-8-18(27-13)21-20-16(22-12-23-20)9-10-25(21)11-15-7-6-14-3-2-4-17(26)19(14)24-15/h2-8,12,21,26H,9-11H2,1H3,(H,22,23)/t21-/m1/s1. The molecule has 1 aliphatic heterocycles. The molecule has 1 aliphatic rings. The van der Waals surface area contributed by atoms with Crippen molar-refractivity contribution in [1.29, 1.82) is 0 Å². The lowest BCUT2D eigenvalue weighted by Gasteiger charge is -2.33. The first-order chi connectivity index (χ1) is 13.2. The van der Waals surface area contributed by atoms with Gasteiger partial charge in [0.25, 0.3) is 0 Å². The number of aromatic amines is 1. The van der Waals surface area contributed by atoms with Crippen LogP contribution in [0.1, 0.15) is 34.6 Å². The molecule has 0 radical (unpaired) electrons. The van der Waals surface area contributed by atoms with Gasteiger partial charge in [0.2, 0.25) is 0 Å². The molecule has 0 saturated carbocycles. The molecule has 3 aromatic heterocycles. The van der Waals surface area contributed by atoms with E-state index in [-0.39, 0.29) is 11.8 Å². The number of nitrogens with zero attached hydrogens (tertiary/aromatic N) is 3. The number of benzene rings is 1. The van der Waals surface area contributed by atoms with Gasteiger partial charge in [-0.05, 0) is 31.2 Å². The highest BCUT2D eigenvalue weighted by Gasteiger charge is 2.33. The van der Waals surface area contributed by atoms with Gasteiger partial charge in [-0.15, -0.1) is 0 Å². The van der Waals surface area contributed by atoms with Crippen LogP contribution in [0.25, 0.3) is 10.9 Å². The van der Waals surface area contributed by atoms with Crippen LogP contribution in [-0.2, 0) is 13.0 Å². The smallest absolute Gasteiger partial charge is 0.141 e. The number of para-hydroxylation sites is 1. The molecule has 1 aromatic carbocycles. The molecule has 2 N–H and O–H groups in total. The summed E-state index contributed by atoms with van der Waals surface area (Å²) in [5, 5.41) is 11.1. The maximum absolute atomic E-state index is 10.1. The number of furan rings is 1. The van der Waals surface area contributed by atoms with Gasteiger partial charge >= 0.3 is 0 Å². The number of H-pyrrole nitrogens is 1. The summed E-state index contributed by atoms with van der Waals surface area (Å²) in [4.78, 5) is 14.8. The number of nitrogens with one attached hydrogen (secondary N) is 1. The predicted molar refractivity (Wildman–Crippen MR) is 101 cm³/mol. The highest BCUT2D eigenvalue weighted by atomic mass is 16.3. The van der Waals surface area contributed by atoms with Crippen LogP contribution in [0.4, 0.5) is 0 Å². The third-order valence-corrected chi connectivity index (χ3v) is 5.18. The number of fused-ring (bicyclic) bond motifs is 2. The number of phenolic OH excluding ortho intramolecular Hbond substituents is 1. The molecular formula is C21H20N4O2. The second-order valence-corrected chi connectivity index (χ2v) is 6.99. The van der Waals surface area contributed by atoms with E-state index in [0.29, 0.717) is 12.1 Å². The van der Waals surface area contributed by atoms with Gasteiger partial charge in [0.05, 0.1) is 17.7 Å². The lowest BCUT2D eigenvalue weighted by molar-refractivity contribution is 0.176. The summed E-state index contributed by atoms with van der Waals surface area (Å²) >= 11 is 0. The van der Waals surface area contributed by atoms with E-state index in [1.807, 2.05) is 43.3 Å². The number of aromatic hydroxyl groups is 1. The zero-order chi connectivity index (χ0) is 18.4. The summed E-state index contributed by atoms with van der Waals surface area (Å²) in [6.45, 7) is 3.48. The van der Waals surface area contributed by atoms with Gasteiger partial charge in [0.15, 0.2) is 0 Å². The van der Waals surface area contributed by atoms with Crippen LogP contribution in [0, 0.1) is 6.92 Å². The Labute approximate surface area is 156 Å². The lowest BCUT2D eigenvalue weighted by Crippen LogP contribution is -2.35. The Bertz CT molecular complexity index is 1110.